The molecule has 0 unspecified atom stereocenters. The zero-order chi connectivity index (χ0) is 11.7. The lowest BCUT2D eigenvalue weighted by atomic mass is 10.0. The zero-order valence-corrected chi connectivity index (χ0v) is 11.5. The summed E-state index contributed by atoms with van der Waals surface area (Å²) in [6.07, 6.45) is 2.30. The fraction of sp³-hybridized carbons (Fsp3) is 0.500. The highest BCUT2D eigenvalue weighted by Gasteiger charge is 2.06. The molecule has 2 heterocycles. The molecule has 0 aliphatic rings. The van der Waals surface area contributed by atoms with Gasteiger partial charge in [-0.2, -0.15) is 5.10 Å². The number of hydrogen-bond donors (Lipinski definition) is 0. The van der Waals surface area contributed by atoms with Gasteiger partial charge in [-0.05, 0) is 59.3 Å². The Labute approximate surface area is 104 Å². The van der Waals surface area contributed by atoms with Crippen molar-refractivity contribution < 1.29 is 0 Å². The summed E-state index contributed by atoms with van der Waals surface area (Å²) in [5.74, 6) is 1.54. The molecule has 0 saturated heterocycles. The van der Waals surface area contributed by atoms with E-state index in [-0.39, 0.29) is 0 Å². The molecule has 2 aromatic rings. The second kappa shape index (κ2) is 4.53. The van der Waals surface area contributed by atoms with Crippen LogP contribution in [0.5, 0.6) is 0 Å². The summed E-state index contributed by atoms with van der Waals surface area (Å²) in [6.45, 7) is 6.40. The minimum absolute atomic E-state index is 0.731. The summed E-state index contributed by atoms with van der Waals surface area (Å²) >= 11 is 3.53. The van der Waals surface area contributed by atoms with Gasteiger partial charge in [0.25, 0.3) is 0 Å². The molecule has 0 fully saturated rings. The fourth-order valence-electron chi connectivity index (χ4n) is 1.70. The maximum atomic E-state index is 4.38. The number of rotatable bonds is 3. The summed E-state index contributed by atoms with van der Waals surface area (Å²) in [7, 11) is 0. The van der Waals surface area contributed by atoms with E-state index in [9.17, 15) is 0 Å². The summed E-state index contributed by atoms with van der Waals surface area (Å²) < 4.78 is 2.80. The standard InChI is InChI=1S/C12H16BrN3/c1-8(2)4-5-10-6-11(13)16-12(7-10)14-9(3)15-16/h6-8H,4-5H2,1-3H3. The van der Waals surface area contributed by atoms with Crippen LogP contribution >= 0.6 is 15.9 Å². The monoisotopic (exact) mass is 281 g/mol. The fourth-order valence-corrected chi connectivity index (χ4v) is 2.26. The summed E-state index contributed by atoms with van der Waals surface area (Å²) in [5.41, 5.74) is 2.24. The Bertz CT molecular complexity index is 502. The lowest BCUT2D eigenvalue weighted by Gasteiger charge is -2.05. The average Bonchev–Trinajstić information content (AvgIpc) is 2.56. The molecule has 0 spiro atoms. The number of fused-ring (bicyclic) bond motifs is 1. The van der Waals surface area contributed by atoms with Gasteiger partial charge in [-0.1, -0.05) is 13.8 Å². The van der Waals surface area contributed by atoms with E-state index >= 15 is 0 Å². The van der Waals surface area contributed by atoms with Gasteiger partial charge in [-0.3, -0.25) is 0 Å². The van der Waals surface area contributed by atoms with E-state index in [1.165, 1.54) is 12.0 Å². The number of nitrogens with zero attached hydrogens (tertiary/aromatic N) is 3. The maximum absolute atomic E-state index is 4.38. The van der Waals surface area contributed by atoms with Crippen LogP contribution in [-0.4, -0.2) is 14.6 Å². The predicted octanol–water partition coefficient (Wildman–Crippen LogP) is 3.39. The van der Waals surface area contributed by atoms with Crippen molar-refractivity contribution in [1.29, 1.82) is 0 Å². The van der Waals surface area contributed by atoms with Gasteiger partial charge in [-0.15, -0.1) is 0 Å². The second-order valence-electron chi connectivity index (χ2n) is 4.55. The van der Waals surface area contributed by atoms with Crippen LogP contribution < -0.4 is 0 Å². The van der Waals surface area contributed by atoms with E-state index in [0.717, 1.165) is 28.4 Å². The van der Waals surface area contributed by atoms with Crippen molar-refractivity contribution in [2.75, 3.05) is 0 Å². The largest absolute Gasteiger partial charge is 0.212 e. The van der Waals surface area contributed by atoms with Crippen LogP contribution in [-0.2, 0) is 6.42 Å². The van der Waals surface area contributed by atoms with Crippen LogP contribution in [0.3, 0.4) is 0 Å². The molecule has 0 N–H and O–H groups in total. The number of hydrogen-bond acceptors (Lipinski definition) is 2. The number of aryl methyl sites for hydroxylation is 2. The van der Waals surface area contributed by atoms with E-state index in [4.69, 9.17) is 0 Å². The third-order valence-electron chi connectivity index (χ3n) is 2.57. The van der Waals surface area contributed by atoms with Gasteiger partial charge in [0, 0.05) is 0 Å². The third kappa shape index (κ3) is 2.43. The van der Waals surface area contributed by atoms with Crippen LogP contribution in [0.2, 0.25) is 0 Å². The van der Waals surface area contributed by atoms with Gasteiger partial charge in [0.2, 0.25) is 0 Å². The lowest BCUT2D eigenvalue weighted by Crippen LogP contribution is -1.96. The summed E-state index contributed by atoms with van der Waals surface area (Å²) in [4.78, 5) is 4.38. The molecule has 86 valence electrons. The predicted molar refractivity (Wildman–Crippen MR) is 68.6 cm³/mol. The molecule has 0 bridgehead atoms. The SMILES string of the molecule is Cc1nc2cc(CCC(C)C)cc(Br)n2n1. The Morgan fingerprint density at radius 3 is 2.81 bits per heavy atom. The van der Waals surface area contributed by atoms with Crippen LogP contribution in [0, 0.1) is 12.8 Å². The first kappa shape index (κ1) is 11.6. The summed E-state index contributed by atoms with van der Waals surface area (Å²) in [6, 6.07) is 4.25. The molecule has 0 radical (unpaired) electrons. The van der Waals surface area contributed by atoms with Crippen molar-refractivity contribution in [3.63, 3.8) is 0 Å². The first-order chi connectivity index (χ1) is 7.56. The molecule has 0 saturated carbocycles. The van der Waals surface area contributed by atoms with Crippen molar-refractivity contribution in [2.45, 2.75) is 33.6 Å². The van der Waals surface area contributed by atoms with Gasteiger partial charge in [0.15, 0.2) is 5.65 Å². The van der Waals surface area contributed by atoms with E-state index < -0.39 is 0 Å². The first-order valence-electron chi connectivity index (χ1n) is 5.58. The van der Waals surface area contributed by atoms with Gasteiger partial charge in [0.1, 0.15) is 10.4 Å². The summed E-state index contributed by atoms with van der Waals surface area (Å²) in [5, 5.41) is 4.31. The van der Waals surface area contributed by atoms with Crippen molar-refractivity contribution in [3.05, 3.63) is 28.1 Å². The number of halogens is 1. The number of aromatic nitrogens is 3. The van der Waals surface area contributed by atoms with Crippen molar-refractivity contribution in [2.24, 2.45) is 5.92 Å². The highest BCUT2D eigenvalue weighted by atomic mass is 79.9. The van der Waals surface area contributed by atoms with Crippen LogP contribution in [0.4, 0.5) is 0 Å². The maximum Gasteiger partial charge on any atom is 0.157 e. The first-order valence-corrected chi connectivity index (χ1v) is 6.37. The van der Waals surface area contributed by atoms with E-state index in [1.807, 2.05) is 11.4 Å². The van der Waals surface area contributed by atoms with E-state index in [0.29, 0.717) is 0 Å². The van der Waals surface area contributed by atoms with Gasteiger partial charge >= 0.3 is 0 Å². The van der Waals surface area contributed by atoms with E-state index in [1.54, 1.807) is 0 Å². The molecule has 0 atom stereocenters. The molecule has 16 heavy (non-hydrogen) atoms. The van der Waals surface area contributed by atoms with Gasteiger partial charge in [-0.25, -0.2) is 9.50 Å². The van der Waals surface area contributed by atoms with Crippen molar-refractivity contribution >= 4 is 21.6 Å². The normalized spacial score (nSPS) is 11.6. The Kier molecular flexibility index (Phi) is 3.28. The minimum atomic E-state index is 0.731. The Hall–Kier alpha value is -0.900. The zero-order valence-electron chi connectivity index (χ0n) is 9.87. The molecule has 4 heteroatoms. The quantitative estimate of drug-likeness (QED) is 0.808. The molecule has 0 aromatic carbocycles. The molecule has 2 rings (SSSR count). The van der Waals surface area contributed by atoms with Crippen LogP contribution in [0.1, 0.15) is 31.7 Å². The van der Waals surface area contributed by atoms with Crippen molar-refractivity contribution in [1.82, 2.24) is 14.6 Å². The Morgan fingerprint density at radius 2 is 2.12 bits per heavy atom. The molecular formula is C12H16BrN3. The highest BCUT2D eigenvalue weighted by Crippen LogP contribution is 2.18. The smallest absolute Gasteiger partial charge is 0.157 e. The van der Waals surface area contributed by atoms with Gasteiger partial charge in [0.05, 0.1) is 0 Å². The topological polar surface area (TPSA) is 30.2 Å². The van der Waals surface area contributed by atoms with E-state index in [2.05, 4.69) is 52.0 Å². The molecule has 3 nitrogen and oxygen atoms in total. The second-order valence-corrected chi connectivity index (χ2v) is 5.36. The molecular weight excluding hydrogens is 266 g/mol. The third-order valence-corrected chi connectivity index (χ3v) is 3.13. The van der Waals surface area contributed by atoms with Gasteiger partial charge < -0.3 is 0 Å². The molecule has 2 aromatic heterocycles. The Morgan fingerprint density at radius 1 is 1.38 bits per heavy atom. The molecule has 0 aliphatic carbocycles. The van der Waals surface area contributed by atoms with Crippen LogP contribution in [0.25, 0.3) is 5.65 Å². The number of pyridine rings is 1. The average molecular weight is 282 g/mol. The molecule has 0 aliphatic heterocycles. The Balaban J connectivity index is 2.33. The lowest BCUT2D eigenvalue weighted by molar-refractivity contribution is 0.586. The highest BCUT2D eigenvalue weighted by molar-refractivity contribution is 9.10. The molecule has 0 amide bonds. The van der Waals surface area contributed by atoms with Crippen LogP contribution in [0.15, 0.2) is 16.7 Å². The minimum Gasteiger partial charge on any atom is -0.212 e. The van der Waals surface area contributed by atoms with Crippen molar-refractivity contribution in [3.8, 4) is 0 Å².